The molecule has 1 N–H and O–H groups in total. The van der Waals surface area contributed by atoms with E-state index in [2.05, 4.69) is 5.32 Å². The summed E-state index contributed by atoms with van der Waals surface area (Å²) >= 11 is 0. The zero-order valence-corrected chi connectivity index (χ0v) is 11.6. The Kier molecular flexibility index (Phi) is 3.46. The maximum atomic E-state index is 12.3. The minimum Gasteiger partial charge on any atom is -0.465 e. The lowest BCUT2D eigenvalue weighted by Crippen LogP contribution is -2.49. The van der Waals surface area contributed by atoms with Gasteiger partial charge in [-0.1, -0.05) is 6.07 Å². The van der Waals surface area contributed by atoms with Crippen LogP contribution < -0.4 is 10.2 Å². The number of esters is 1. The first-order valence-electron chi connectivity index (χ1n) is 6.28. The molecule has 19 heavy (non-hydrogen) atoms. The number of hydrogen-bond acceptors (Lipinski definition) is 4. The second-order valence-corrected chi connectivity index (χ2v) is 4.86. The van der Waals surface area contributed by atoms with E-state index in [0.717, 1.165) is 5.69 Å². The number of nitrogens with zero attached hydrogens (tertiary/aromatic N) is 1. The molecular weight excluding hydrogens is 244 g/mol. The largest absolute Gasteiger partial charge is 0.465 e. The van der Waals surface area contributed by atoms with Gasteiger partial charge in [-0.3, -0.25) is 4.79 Å². The van der Waals surface area contributed by atoms with Gasteiger partial charge in [0.05, 0.1) is 24.0 Å². The average Bonchev–Trinajstić information content (AvgIpc) is 2.38. The van der Waals surface area contributed by atoms with Gasteiger partial charge in [-0.15, -0.1) is 0 Å². The van der Waals surface area contributed by atoms with Crippen molar-refractivity contribution in [1.29, 1.82) is 0 Å². The fraction of sp³-hybridized carbons (Fsp3) is 0.429. The molecule has 1 aromatic carbocycles. The highest BCUT2D eigenvalue weighted by molar-refractivity contribution is 6.11. The smallest absolute Gasteiger partial charge is 0.340 e. The lowest BCUT2D eigenvalue weighted by Gasteiger charge is -2.37. The predicted molar refractivity (Wildman–Crippen MR) is 73.5 cm³/mol. The molecule has 0 aromatic heterocycles. The summed E-state index contributed by atoms with van der Waals surface area (Å²) in [4.78, 5) is 25.8. The molecular formula is C14H18N2O3. The highest BCUT2D eigenvalue weighted by Gasteiger charge is 2.34. The van der Waals surface area contributed by atoms with Gasteiger partial charge in [0, 0.05) is 6.04 Å². The molecule has 0 saturated carbocycles. The molecule has 102 valence electrons. The monoisotopic (exact) mass is 262 g/mol. The number of benzene rings is 1. The topological polar surface area (TPSA) is 58.6 Å². The lowest BCUT2D eigenvalue weighted by molar-refractivity contribution is -0.119. The van der Waals surface area contributed by atoms with Crippen LogP contribution >= 0.6 is 0 Å². The van der Waals surface area contributed by atoms with Crippen LogP contribution in [0.4, 0.5) is 11.4 Å². The number of carbonyl (C=O) groups is 2. The Morgan fingerprint density at radius 1 is 1.42 bits per heavy atom. The van der Waals surface area contributed by atoms with Crippen molar-refractivity contribution in [3.8, 4) is 0 Å². The van der Waals surface area contributed by atoms with E-state index < -0.39 is 5.97 Å². The average molecular weight is 262 g/mol. The van der Waals surface area contributed by atoms with Gasteiger partial charge in [0.1, 0.15) is 6.04 Å². The van der Waals surface area contributed by atoms with Gasteiger partial charge in [0.2, 0.25) is 5.91 Å². The SMILES string of the molecule is COC(=O)c1cccc2c1N(C(C)C)C(=O)C(C)N2. The van der Waals surface area contributed by atoms with Crippen molar-refractivity contribution < 1.29 is 14.3 Å². The number of amides is 1. The number of para-hydroxylation sites is 1. The first-order chi connectivity index (χ1) is 8.97. The standard InChI is InChI=1S/C14H18N2O3/c1-8(2)16-12-10(14(18)19-4)6-5-7-11(12)15-9(3)13(16)17/h5-9,15H,1-4H3. The van der Waals surface area contributed by atoms with E-state index in [0.29, 0.717) is 11.3 Å². The third-order valence-corrected chi connectivity index (χ3v) is 3.18. The molecule has 0 spiro atoms. The molecule has 1 unspecified atom stereocenters. The number of fused-ring (bicyclic) bond motifs is 1. The second-order valence-electron chi connectivity index (χ2n) is 4.86. The molecule has 0 fully saturated rings. The minimum absolute atomic E-state index is 0.0263. The van der Waals surface area contributed by atoms with Gasteiger partial charge in [-0.05, 0) is 32.9 Å². The van der Waals surface area contributed by atoms with Gasteiger partial charge in [-0.25, -0.2) is 4.79 Å². The minimum atomic E-state index is -0.438. The van der Waals surface area contributed by atoms with Crippen molar-refractivity contribution in [1.82, 2.24) is 0 Å². The van der Waals surface area contributed by atoms with E-state index in [4.69, 9.17) is 4.74 Å². The fourth-order valence-electron chi connectivity index (χ4n) is 2.32. The molecule has 1 aliphatic heterocycles. The van der Waals surface area contributed by atoms with E-state index in [1.165, 1.54) is 7.11 Å². The molecule has 5 nitrogen and oxygen atoms in total. The van der Waals surface area contributed by atoms with Crippen molar-refractivity contribution in [3.63, 3.8) is 0 Å². The third-order valence-electron chi connectivity index (χ3n) is 3.18. The van der Waals surface area contributed by atoms with Gasteiger partial charge < -0.3 is 15.0 Å². The number of anilines is 2. The van der Waals surface area contributed by atoms with Crippen LogP contribution in [0.15, 0.2) is 18.2 Å². The molecule has 0 radical (unpaired) electrons. The first-order valence-corrected chi connectivity index (χ1v) is 6.28. The van der Waals surface area contributed by atoms with Crippen LogP contribution in [0.2, 0.25) is 0 Å². The Morgan fingerprint density at radius 2 is 2.11 bits per heavy atom. The maximum Gasteiger partial charge on any atom is 0.340 e. The van der Waals surface area contributed by atoms with Gasteiger partial charge in [-0.2, -0.15) is 0 Å². The molecule has 0 bridgehead atoms. The summed E-state index contributed by atoms with van der Waals surface area (Å²) in [6, 6.07) is 4.98. The Morgan fingerprint density at radius 3 is 2.68 bits per heavy atom. The van der Waals surface area contributed by atoms with Crippen molar-refractivity contribution in [3.05, 3.63) is 23.8 Å². The molecule has 1 aliphatic rings. The summed E-state index contributed by atoms with van der Waals surface area (Å²) in [5.41, 5.74) is 1.79. The third kappa shape index (κ3) is 2.16. The normalized spacial score (nSPS) is 18.1. The Balaban J connectivity index is 2.63. The van der Waals surface area contributed by atoms with E-state index in [1.807, 2.05) is 26.8 Å². The number of ether oxygens (including phenoxy) is 1. The van der Waals surface area contributed by atoms with Crippen LogP contribution in [0.5, 0.6) is 0 Å². The number of hydrogen-bond donors (Lipinski definition) is 1. The fourth-order valence-corrected chi connectivity index (χ4v) is 2.32. The van der Waals surface area contributed by atoms with Gasteiger partial charge >= 0.3 is 5.97 Å². The highest BCUT2D eigenvalue weighted by Crippen LogP contribution is 2.36. The van der Waals surface area contributed by atoms with Crippen molar-refractivity contribution in [2.45, 2.75) is 32.9 Å². The quantitative estimate of drug-likeness (QED) is 0.828. The van der Waals surface area contributed by atoms with E-state index in [9.17, 15) is 9.59 Å². The lowest BCUT2D eigenvalue weighted by atomic mass is 10.0. The van der Waals surface area contributed by atoms with Crippen molar-refractivity contribution >= 4 is 23.3 Å². The Bertz CT molecular complexity index is 525. The number of nitrogens with one attached hydrogen (secondary N) is 1. The number of carbonyl (C=O) groups excluding carboxylic acids is 2. The van der Waals surface area contributed by atoms with Crippen LogP contribution in [0.3, 0.4) is 0 Å². The summed E-state index contributed by atoms with van der Waals surface area (Å²) in [6.45, 7) is 5.66. The number of methoxy groups -OCH3 is 1. The summed E-state index contributed by atoms with van der Waals surface area (Å²) < 4.78 is 4.79. The zero-order chi connectivity index (χ0) is 14.2. The van der Waals surface area contributed by atoms with Gasteiger partial charge in [0.15, 0.2) is 0 Å². The molecule has 1 aromatic rings. The molecule has 5 heteroatoms. The number of rotatable bonds is 2. The highest BCUT2D eigenvalue weighted by atomic mass is 16.5. The summed E-state index contributed by atoms with van der Waals surface area (Å²) in [7, 11) is 1.34. The zero-order valence-electron chi connectivity index (χ0n) is 11.6. The molecule has 0 aliphatic carbocycles. The second kappa shape index (κ2) is 4.91. The van der Waals surface area contributed by atoms with Crippen LogP contribution in [0.1, 0.15) is 31.1 Å². The summed E-state index contributed by atoms with van der Waals surface area (Å²) in [5.74, 6) is -0.481. The van der Waals surface area contributed by atoms with Crippen LogP contribution in [0.25, 0.3) is 0 Å². The summed E-state index contributed by atoms with van der Waals surface area (Å²) in [5, 5.41) is 3.11. The summed E-state index contributed by atoms with van der Waals surface area (Å²) in [6.07, 6.45) is 0. The van der Waals surface area contributed by atoms with Gasteiger partial charge in [0.25, 0.3) is 0 Å². The van der Waals surface area contributed by atoms with E-state index in [-0.39, 0.29) is 18.0 Å². The van der Waals surface area contributed by atoms with E-state index >= 15 is 0 Å². The molecule has 1 atom stereocenters. The van der Waals surface area contributed by atoms with Crippen LogP contribution in [-0.4, -0.2) is 31.1 Å². The Labute approximate surface area is 112 Å². The van der Waals surface area contributed by atoms with Crippen molar-refractivity contribution in [2.75, 3.05) is 17.3 Å². The molecule has 2 rings (SSSR count). The molecule has 1 amide bonds. The first kappa shape index (κ1) is 13.4. The predicted octanol–water partition coefficient (Wildman–Crippen LogP) is 2.03. The molecule has 0 saturated heterocycles. The Hall–Kier alpha value is -2.04. The maximum absolute atomic E-state index is 12.3. The van der Waals surface area contributed by atoms with Crippen LogP contribution in [-0.2, 0) is 9.53 Å². The van der Waals surface area contributed by atoms with E-state index in [1.54, 1.807) is 17.0 Å². The van der Waals surface area contributed by atoms with Crippen LogP contribution in [0, 0.1) is 0 Å². The van der Waals surface area contributed by atoms with Crippen molar-refractivity contribution in [2.24, 2.45) is 0 Å². The molecule has 1 heterocycles.